The molecule has 0 saturated carbocycles. The molecule has 0 radical (unpaired) electrons. The summed E-state index contributed by atoms with van der Waals surface area (Å²) in [5.41, 5.74) is 8.52. The van der Waals surface area contributed by atoms with Crippen LogP contribution in [0, 0.1) is 11.3 Å². The zero-order valence-electron chi connectivity index (χ0n) is 18.2. The summed E-state index contributed by atoms with van der Waals surface area (Å²) in [6.45, 7) is 0. The van der Waals surface area contributed by atoms with Crippen molar-refractivity contribution in [1.82, 2.24) is 10.2 Å². The van der Waals surface area contributed by atoms with Gasteiger partial charge in [-0.1, -0.05) is 34.7 Å². The molecular formula is C24H18ClN5O3S2. The fourth-order valence-electron chi connectivity index (χ4n) is 4.24. The number of aromatic nitrogens is 2. The molecule has 0 amide bonds. The third-order valence-electron chi connectivity index (χ3n) is 5.82. The number of rotatable bonds is 6. The summed E-state index contributed by atoms with van der Waals surface area (Å²) in [7, 11) is 0. The molecule has 1 atom stereocenters. The second-order valence-corrected chi connectivity index (χ2v) is 10.5. The van der Waals surface area contributed by atoms with Crippen LogP contribution in [0.4, 0.5) is 5.13 Å². The van der Waals surface area contributed by atoms with Crippen LogP contribution in [0.1, 0.15) is 41.3 Å². The van der Waals surface area contributed by atoms with Crippen LogP contribution in [0.2, 0.25) is 5.02 Å². The quantitative estimate of drug-likeness (QED) is 0.348. The van der Waals surface area contributed by atoms with Crippen molar-refractivity contribution < 1.29 is 14.0 Å². The fourth-order valence-corrected chi connectivity index (χ4v) is 6.14. The molecule has 8 nitrogen and oxygen atoms in total. The minimum absolute atomic E-state index is 0.0365. The molecule has 2 aromatic heterocycles. The lowest BCUT2D eigenvalue weighted by Gasteiger charge is -2.37. The Kier molecular flexibility index (Phi) is 6.47. The van der Waals surface area contributed by atoms with Gasteiger partial charge in [0.05, 0.1) is 29.6 Å². The molecule has 3 heterocycles. The van der Waals surface area contributed by atoms with Gasteiger partial charge in [0, 0.05) is 28.3 Å². The minimum atomic E-state index is -0.646. The smallest absolute Gasteiger partial charge is 0.219 e. The monoisotopic (exact) mass is 523 g/mol. The molecular weight excluding hydrogens is 506 g/mol. The number of allylic oxidation sites excluding steroid dienone is 3. The van der Waals surface area contributed by atoms with Crippen LogP contribution in [-0.2, 0) is 4.79 Å². The van der Waals surface area contributed by atoms with Gasteiger partial charge in [-0.05, 0) is 49.2 Å². The van der Waals surface area contributed by atoms with E-state index in [1.165, 1.54) is 29.4 Å². The molecule has 5 rings (SSSR count). The van der Waals surface area contributed by atoms with Gasteiger partial charge < -0.3 is 10.2 Å². The summed E-state index contributed by atoms with van der Waals surface area (Å²) in [4.78, 5) is 27.2. The highest BCUT2D eigenvalue weighted by atomic mass is 35.5. The molecule has 0 fully saturated rings. The Hall–Kier alpha value is -3.39. The van der Waals surface area contributed by atoms with Crippen molar-refractivity contribution in [2.24, 2.45) is 5.73 Å². The zero-order valence-corrected chi connectivity index (χ0v) is 20.6. The van der Waals surface area contributed by atoms with E-state index in [1.54, 1.807) is 41.3 Å². The number of carbonyl (C=O) groups excluding carboxylic acids is 2. The first-order valence-electron chi connectivity index (χ1n) is 10.7. The molecule has 2 N–H and O–H groups in total. The number of hydrogen-bond donors (Lipinski definition) is 1. The summed E-state index contributed by atoms with van der Waals surface area (Å²) < 4.78 is 6.15. The van der Waals surface area contributed by atoms with E-state index < -0.39 is 5.92 Å². The Morgan fingerprint density at radius 3 is 2.80 bits per heavy atom. The Bertz CT molecular complexity index is 1400. The van der Waals surface area contributed by atoms with E-state index in [2.05, 4.69) is 16.3 Å². The van der Waals surface area contributed by atoms with E-state index in [0.29, 0.717) is 56.4 Å². The molecule has 0 bridgehead atoms. The van der Waals surface area contributed by atoms with Gasteiger partial charge in [-0.2, -0.15) is 5.26 Å². The number of nitriles is 1. The van der Waals surface area contributed by atoms with Crippen molar-refractivity contribution >= 4 is 51.4 Å². The van der Waals surface area contributed by atoms with Gasteiger partial charge in [0.25, 0.3) is 0 Å². The first-order chi connectivity index (χ1) is 17.0. The number of anilines is 1. The standard InChI is InChI=1S/C24H18ClN5O3S2/c25-14-8-6-13(7-9-14)18(32)12-34-24-29-28-23(35-24)30-16-3-1-4-17(31)21(16)20(15(11-26)22(30)27)19-5-2-10-33-19/h2,5-10,20H,1,3-4,12,27H2. The van der Waals surface area contributed by atoms with Crippen molar-refractivity contribution in [3.63, 3.8) is 0 Å². The number of nitrogens with two attached hydrogens (primary N) is 1. The van der Waals surface area contributed by atoms with Gasteiger partial charge >= 0.3 is 0 Å². The van der Waals surface area contributed by atoms with Crippen LogP contribution < -0.4 is 10.6 Å². The number of ketones is 2. The second kappa shape index (κ2) is 9.70. The Morgan fingerprint density at radius 2 is 2.09 bits per heavy atom. The van der Waals surface area contributed by atoms with Gasteiger partial charge in [0.2, 0.25) is 5.13 Å². The van der Waals surface area contributed by atoms with E-state index in [9.17, 15) is 14.9 Å². The lowest BCUT2D eigenvalue weighted by Crippen LogP contribution is -2.38. The summed E-state index contributed by atoms with van der Waals surface area (Å²) in [6, 6.07) is 12.4. The largest absolute Gasteiger partial charge is 0.468 e. The first-order valence-corrected chi connectivity index (χ1v) is 12.9. The molecule has 0 saturated heterocycles. The SMILES string of the molecule is N#CC1=C(N)N(c2nnc(SCC(=O)c3ccc(Cl)cc3)s2)C2=C(C(=O)CCC2)C1c1ccco1. The number of hydrogen-bond acceptors (Lipinski definition) is 10. The van der Waals surface area contributed by atoms with E-state index in [-0.39, 0.29) is 28.7 Å². The summed E-state index contributed by atoms with van der Waals surface area (Å²) >= 11 is 8.41. The maximum atomic E-state index is 13.0. The molecule has 1 aliphatic heterocycles. The van der Waals surface area contributed by atoms with E-state index in [1.807, 2.05) is 0 Å². The number of nitrogens with zero attached hydrogens (tertiary/aromatic N) is 4. The maximum Gasteiger partial charge on any atom is 0.219 e. The topological polar surface area (TPSA) is 126 Å². The molecule has 3 aromatic rings. The van der Waals surface area contributed by atoms with Crippen molar-refractivity contribution in [3.05, 3.63) is 81.7 Å². The molecule has 1 aromatic carbocycles. The fraction of sp³-hybridized carbons (Fsp3) is 0.208. The first kappa shape index (κ1) is 23.4. The highest BCUT2D eigenvalue weighted by Crippen LogP contribution is 2.47. The molecule has 2 aliphatic rings. The van der Waals surface area contributed by atoms with E-state index in [4.69, 9.17) is 21.8 Å². The number of halogens is 1. The lowest BCUT2D eigenvalue weighted by molar-refractivity contribution is -0.116. The van der Waals surface area contributed by atoms with Crippen molar-refractivity contribution in [2.45, 2.75) is 29.5 Å². The Balaban J connectivity index is 1.45. The molecule has 1 unspecified atom stereocenters. The van der Waals surface area contributed by atoms with Crippen LogP contribution in [0.25, 0.3) is 0 Å². The third-order valence-corrected chi connectivity index (χ3v) is 8.11. The average molecular weight is 524 g/mol. The normalized spacial score (nSPS) is 18.0. The number of furan rings is 1. The summed E-state index contributed by atoms with van der Waals surface area (Å²) in [5.74, 6) is 0.140. The minimum Gasteiger partial charge on any atom is -0.468 e. The Morgan fingerprint density at radius 1 is 1.29 bits per heavy atom. The third kappa shape index (κ3) is 4.38. The van der Waals surface area contributed by atoms with Gasteiger partial charge in [-0.3, -0.25) is 14.5 Å². The lowest BCUT2D eigenvalue weighted by atomic mass is 9.78. The van der Waals surface area contributed by atoms with Crippen molar-refractivity contribution in [1.29, 1.82) is 5.26 Å². The number of benzene rings is 1. The van der Waals surface area contributed by atoms with Crippen LogP contribution in [0.15, 0.2) is 74.1 Å². The zero-order chi connectivity index (χ0) is 24.5. The van der Waals surface area contributed by atoms with Crippen molar-refractivity contribution in [2.75, 3.05) is 10.7 Å². The number of carbonyl (C=O) groups is 2. The van der Waals surface area contributed by atoms with Gasteiger partial charge in [0.15, 0.2) is 15.9 Å². The van der Waals surface area contributed by atoms with Gasteiger partial charge in [-0.25, -0.2) is 0 Å². The van der Waals surface area contributed by atoms with Gasteiger partial charge in [0.1, 0.15) is 11.6 Å². The van der Waals surface area contributed by atoms with E-state index in [0.717, 1.165) is 0 Å². The molecule has 0 spiro atoms. The Labute approximate surface area is 214 Å². The molecule has 176 valence electrons. The van der Waals surface area contributed by atoms with Gasteiger partial charge in [-0.15, -0.1) is 10.2 Å². The van der Waals surface area contributed by atoms with E-state index >= 15 is 0 Å². The number of thioether (sulfide) groups is 1. The number of Topliss-reactive ketones (excluding diaryl/α,β-unsaturated/α-hetero) is 2. The molecule has 1 aliphatic carbocycles. The average Bonchev–Trinajstić information content (AvgIpc) is 3.55. The van der Waals surface area contributed by atoms with Crippen LogP contribution in [0.3, 0.4) is 0 Å². The molecule has 35 heavy (non-hydrogen) atoms. The predicted molar refractivity (Wildman–Crippen MR) is 133 cm³/mol. The second-order valence-electron chi connectivity index (χ2n) is 7.90. The highest BCUT2D eigenvalue weighted by Gasteiger charge is 2.42. The predicted octanol–water partition coefficient (Wildman–Crippen LogP) is 5.06. The summed E-state index contributed by atoms with van der Waals surface area (Å²) in [5, 5.41) is 19.5. The highest BCUT2D eigenvalue weighted by molar-refractivity contribution is 8.01. The van der Waals surface area contributed by atoms with Crippen LogP contribution in [0.5, 0.6) is 0 Å². The van der Waals surface area contributed by atoms with Crippen molar-refractivity contribution in [3.8, 4) is 6.07 Å². The van der Waals surface area contributed by atoms with Crippen LogP contribution >= 0.6 is 34.7 Å². The van der Waals surface area contributed by atoms with Crippen LogP contribution in [-0.4, -0.2) is 27.5 Å². The maximum absolute atomic E-state index is 13.0. The molecule has 11 heteroatoms. The summed E-state index contributed by atoms with van der Waals surface area (Å²) in [6.07, 6.45) is 3.19.